The fraction of sp³-hybridized carbons (Fsp3) is 0.600. The van der Waals surface area contributed by atoms with Crippen LogP contribution < -0.4 is 30.7 Å². The van der Waals surface area contributed by atoms with Crippen molar-refractivity contribution in [2.24, 2.45) is 11.5 Å². The molecule has 6 unspecified atom stereocenters. The van der Waals surface area contributed by atoms with E-state index in [1.165, 1.54) is 85.6 Å². The Labute approximate surface area is 481 Å². The van der Waals surface area contributed by atoms with Gasteiger partial charge in [0.1, 0.15) is 17.8 Å². The van der Waals surface area contributed by atoms with Gasteiger partial charge < -0.3 is 70.8 Å². The highest BCUT2D eigenvalue weighted by Gasteiger charge is 2.64. The second-order valence-corrected chi connectivity index (χ2v) is 23.3. The van der Waals surface area contributed by atoms with Crippen molar-refractivity contribution in [2.45, 2.75) is 178 Å². The Hall–Kier alpha value is -5.14. The van der Waals surface area contributed by atoms with Crippen molar-refractivity contribution in [2.75, 3.05) is 82.1 Å². The largest absolute Gasteiger partial charge is 0.490 e. The normalized spacial score (nSPS) is 17.8. The maximum atomic E-state index is 13.8. The highest BCUT2D eigenvalue weighted by atomic mass is 16.5. The fourth-order valence-electron chi connectivity index (χ4n) is 13.1. The summed E-state index contributed by atoms with van der Waals surface area (Å²) in [6, 6.07) is 22.7. The molecule has 0 saturated carbocycles. The highest BCUT2D eigenvalue weighted by Crippen LogP contribution is 2.43. The second kappa shape index (κ2) is 28.9. The number of anilines is 2. The quantitative estimate of drug-likeness (QED) is 0.0188. The van der Waals surface area contributed by atoms with E-state index in [0.29, 0.717) is 86.2 Å². The predicted octanol–water partition coefficient (Wildman–Crippen LogP) is 7.73. The van der Waals surface area contributed by atoms with Gasteiger partial charge in [0.05, 0.1) is 50.2 Å². The monoisotopic (exact) mass is 1120 g/mol. The summed E-state index contributed by atoms with van der Waals surface area (Å²) < 4.78 is 17.5. The molecule has 81 heavy (non-hydrogen) atoms. The molecule has 6 atom stereocenters. The van der Waals surface area contributed by atoms with Gasteiger partial charge in [-0.3, -0.25) is 0 Å². The summed E-state index contributed by atoms with van der Waals surface area (Å²) in [4.78, 5) is 10.7. The highest BCUT2D eigenvalue weighted by molar-refractivity contribution is 5.74. The molecule has 0 bridgehead atoms. The van der Waals surface area contributed by atoms with Crippen LogP contribution in [0.3, 0.4) is 0 Å². The van der Waals surface area contributed by atoms with Gasteiger partial charge in [-0.25, -0.2) is 0 Å². The Morgan fingerprint density at radius 1 is 0.654 bits per heavy atom. The van der Waals surface area contributed by atoms with Crippen LogP contribution in [0.4, 0.5) is 11.4 Å². The van der Waals surface area contributed by atoms with E-state index in [2.05, 4.69) is 48.2 Å². The van der Waals surface area contributed by atoms with E-state index in [9.17, 15) is 30.6 Å². The molecule has 0 spiro atoms. The first kappa shape index (κ1) is 61.9. The fourth-order valence-corrected chi connectivity index (χ4v) is 13.1. The molecule has 3 aliphatic rings. The maximum absolute atomic E-state index is 13.8. The minimum Gasteiger partial charge on any atom is -0.490 e. The van der Waals surface area contributed by atoms with E-state index in [1.807, 2.05) is 61.2 Å². The predicted molar refractivity (Wildman–Crippen MR) is 321 cm³/mol. The molecule has 16 heteroatoms. The van der Waals surface area contributed by atoms with Gasteiger partial charge in [-0.1, -0.05) is 126 Å². The number of rotatable bonds is 33. The molecule has 0 saturated heterocycles. The summed E-state index contributed by atoms with van der Waals surface area (Å²) in [5, 5.41) is 79.4. The maximum Gasteiger partial charge on any atom is 0.258 e. The molecular weight excluding hydrogens is 1020 g/mol. The molecule has 0 amide bonds. The van der Waals surface area contributed by atoms with E-state index in [-0.39, 0.29) is 25.5 Å². The van der Waals surface area contributed by atoms with Crippen LogP contribution in [0.2, 0.25) is 0 Å². The number of benzene rings is 4. The van der Waals surface area contributed by atoms with Crippen LogP contribution in [-0.4, -0.2) is 153 Å². The third kappa shape index (κ3) is 13.9. The van der Waals surface area contributed by atoms with Crippen LogP contribution in [0.1, 0.15) is 138 Å². The second-order valence-electron chi connectivity index (χ2n) is 23.3. The van der Waals surface area contributed by atoms with E-state index in [1.54, 1.807) is 11.0 Å². The molecule has 0 fully saturated rings. The van der Waals surface area contributed by atoms with Crippen LogP contribution in [-0.2, 0) is 38.5 Å². The zero-order chi connectivity index (χ0) is 57.6. The average molecular weight is 1120 g/mol. The molecule has 444 valence electrons. The SMILES string of the molecule is CCCCCCCCc1ccc2c(c1)CCN(CC(N)(CO)C(O)C(O)(C(O)C(CO)N1CCc3c(-c4noc(-c5ccc(OCC)c(OCC)c5)n4)cccc31)C(N)(CO)CN1CCc3c(CCCCCCCC)cccc31)CC2. The number of fused-ring (bicyclic) bond motifs is 3. The number of ether oxygens (including phenoxy) is 2. The molecule has 0 radical (unpaired) electrons. The molecule has 8 rings (SSSR count). The molecule has 0 aliphatic carbocycles. The summed E-state index contributed by atoms with van der Waals surface area (Å²) in [5.41, 5.74) is 17.7. The number of hydrogen-bond donors (Lipinski definition) is 8. The molecule has 16 nitrogen and oxygen atoms in total. The van der Waals surface area contributed by atoms with Crippen LogP contribution in [0.25, 0.3) is 22.8 Å². The Morgan fingerprint density at radius 3 is 2.02 bits per heavy atom. The summed E-state index contributed by atoms with van der Waals surface area (Å²) in [5.74, 6) is 1.76. The van der Waals surface area contributed by atoms with Gasteiger partial charge in [-0.15, -0.1) is 0 Å². The van der Waals surface area contributed by atoms with Gasteiger partial charge in [-0.05, 0) is 129 Å². The van der Waals surface area contributed by atoms with Crippen molar-refractivity contribution in [1.82, 2.24) is 15.0 Å². The van der Waals surface area contributed by atoms with Crippen molar-refractivity contribution < 1.29 is 44.6 Å². The Morgan fingerprint density at radius 2 is 1.32 bits per heavy atom. The average Bonchev–Trinajstić information content (AvgIpc) is 4.42. The number of aliphatic hydroxyl groups excluding tert-OH is 5. The van der Waals surface area contributed by atoms with Gasteiger partial charge in [0.25, 0.3) is 5.89 Å². The lowest BCUT2D eigenvalue weighted by Gasteiger charge is -2.56. The first-order valence-electron chi connectivity index (χ1n) is 30.6. The van der Waals surface area contributed by atoms with Crippen molar-refractivity contribution >= 4 is 11.4 Å². The molecule has 4 aromatic carbocycles. The van der Waals surface area contributed by atoms with Crippen molar-refractivity contribution in [1.29, 1.82) is 0 Å². The lowest BCUT2D eigenvalue weighted by atomic mass is 9.65. The lowest BCUT2D eigenvalue weighted by Crippen LogP contribution is -2.83. The van der Waals surface area contributed by atoms with Crippen LogP contribution >= 0.6 is 0 Å². The minimum atomic E-state index is -2.85. The number of aromatic nitrogens is 2. The zero-order valence-corrected chi connectivity index (χ0v) is 49.0. The Kier molecular flexibility index (Phi) is 22.1. The molecule has 5 aromatic rings. The first-order chi connectivity index (χ1) is 39.3. The summed E-state index contributed by atoms with van der Waals surface area (Å²) in [6.45, 7) is 8.49. The number of nitrogens with zero attached hydrogens (tertiary/aromatic N) is 5. The molecule has 3 aliphatic heterocycles. The lowest BCUT2D eigenvalue weighted by molar-refractivity contribution is -0.220. The standard InChI is InChI=1S/C65H95N7O9/c1-5-9-11-13-15-17-21-46-27-28-47-31-35-70(36-32-49(47)39-46)42-63(66,44-74)62(77)65(78,64(67,45-75)43-71-37-33-51-48(23-19-25-54(51)71)22-18-16-14-12-10-6-2)59(76)56(41-73)72-38-34-52-53(24-20-26-55(52)72)60-68-61(81-69-60)50-29-30-57(79-7-3)58(40-50)80-8-4/h19-20,23-30,39-40,56,59,62,73-78H,5-18,21-22,31-38,41-45,66-67H2,1-4H3. The van der Waals surface area contributed by atoms with E-state index >= 15 is 0 Å². The smallest absolute Gasteiger partial charge is 0.258 e. The third-order valence-corrected chi connectivity index (χ3v) is 17.8. The molecule has 10 N–H and O–H groups in total. The molecule has 4 heterocycles. The molecular formula is C65H95N7O9. The first-order valence-corrected chi connectivity index (χ1v) is 30.6. The van der Waals surface area contributed by atoms with Gasteiger partial charge in [0.15, 0.2) is 11.5 Å². The van der Waals surface area contributed by atoms with Crippen molar-refractivity contribution in [3.63, 3.8) is 0 Å². The Bertz CT molecular complexity index is 2780. The zero-order valence-electron chi connectivity index (χ0n) is 49.0. The number of unbranched alkanes of at least 4 members (excludes halogenated alkanes) is 10. The number of aryl methyl sites for hydroxylation is 2. The number of nitrogens with two attached hydrogens (primary N) is 2. The van der Waals surface area contributed by atoms with Crippen LogP contribution in [0.5, 0.6) is 11.5 Å². The summed E-state index contributed by atoms with van der Waals surface area (Å²) in [6.07, 6.45) is 14.9. The van der Waals surface area contributed by atoms with E-state index in [0.717, 1.165) is 49.8 Å². The summed E-state index contributed by atoms with van der Waals surface area (Å²) in [7, 11) is 0. The van der Waals surface area contributed by atoms with Gasteiger partial charge in [0.2, 0.25) is 5.82 Å². The topological polar surface area (TPSA) is 241 Å². The summed E-state index contributed by atoms with van der Waals surface area (Å²) >= 11 is 0. The third-order valence-electron chi connectivity index (χ3n) is 17.8. The van der Waals surface area contributed by atoms with Gasteiger partial charge in [-0.2, -0.15) is 4.98 Å². The van der Waals surface area contributed by atoms with Crippen LogP contribution in [0, 0.1) is 0 Å². The Balaban J connectivity index is 1.09. The van der Waals surface area contributed by atoms with Gasteiger partial charge >= 0.3 is 0 Å². The van der Waals surface area contributed by atoms with Crippen molar-refractivity contribution in [3.05, 3.63) is 106 Å². The minimum absolute atomic E-state index is 0.0653. The number of hydrogen-bond acceptors (Lipinski definition) is 16. The number of aliphatic hydroxyl groups is 6. The molecule has 1 aromatic heterocycles. The van der Waals surface area contributed by atoms with Gasteiger partial charge in [0, 0.05) is 61.8 Å². The van der Waals surface area contributed by atoms with E-state index in [4.69, 9.17) is 30.4 Å². The van der Waals surface area contributed by atoms with E-state index < -0.39 is 54.7 Å². The van der Waals surface area contributed by atoms with Crippen LogP contribution in [0.15, 0.2) is 77.3 Å². The van der Waals surface area contributed by atoms with Crippen molar-refractivity contribution in [3.8, 4) is 34.3 Å².